The third-order valence-corrected chi connectivity index (χ3v) is 4.14. The molecule has 0 aromatic carbocycles. The molecule has 1 aliphatic carbocycles. The van der Waals surface area contributed by atoms with Crippen LogP contribution in [0.2, 0.25) is 0 Å². The van der Waals surface area contributed by atoms with E-state index in [1.807, 2.05) is 12.2 Å². The van der Waals surface area contributed by atoms with Crippen LogP contribution in [0.3, 0.4) is 0 Å². The van der Waals surface area contributed by atoms with E-state index in [2.05, 4.69) is 6.58 Å². The molecule has 0 saturated carbocycles. The van der Waals surface area contributed by atoms with E-state index in [9.17, 15) is 14.4 Å². The average Bonchev–Trinajstić information content (AvgIpc) is 3.40. The Hall–Kier alpha value is -2.15. The summed E-state index contributed by atoms with van der Waals surface area (Å²) in [5, 5.41) is 0. The van der Waals surface area contributed by atoms with Gasteiger partial charge < -0.3 is 18.9 Å². The monoisotopic (exact) mass is 338 g/mol. The van der Waals surface area contributed by atoms with Crippen LogP contribution in [0.4, 0.5) is 0 Å². The van der Waals surface area contributed by atoms with Gasteiger partial charge >= 0.3 is 17.9 Å². The zero-order chi connectivity index (χ0) is 17.6. The Morgan fingerprint density at radius 3 is 2.62 bits per heavy atom. The summed E-state index contributed by atoms with van der Waals surface area (Å²) in [6, 6.07) is 0. The van der Waals surface area contributed by atoms with Crippen LogP contribution in [0.5, 0.6) is 0 Å². The summed E-state index contributed by atoms with van der Waals surface area (Å²) in [7, 11) is 0. The number of ether oxygens (including phenoxy) is 4. The lowest BCUT2D eigenvalue weighted by molar-refractivity contribution is -0.170. The van der Waals surface area contributed by atoms with Crippen LogP contribution in [-0.2, 0) is 33.3 Å². The van der Waals surface area contributed by atoms with Crippen molar-refractivity contribution in [3.63, 3.8) is 0 Å². The minimum Gasteiger partial charge on any atom is -0.462 e. The molecule has 7 nitrogen and oxygen atoms in total. The zero-order valence-electron chi connectivity index (χ0n) is 13.7. The topological polar surface area (TPSA) is 91.4 Å². The van der Waals surface area contributed by atoms with Crippen LogP contribution in [0.15, 0.2) is 24.8 Å². The van der Waals surface area contributed by atoms with Crippen LogP contribution < -0.4 is 0 Å². The molecule has 1 aliphatic heterocycles. The molecule has 7 heteroatoms. The maximum Gasteiger partial charge on any atom is 0.330 e. The van der Waals surface area contributed by atoms with Gasteiger partial charge in [-0.1, -0.05) is 18.7 Å². The minimum atomic E-state index is -0.974. The SMILES string of the molecule is C=CC(=O)OCCOC(=O)C1CC=CCC1(C)C(=O)OCC1CO1. The van der Waals surface area contributed by atoms with E-state index < -0.39 is 29.2 Å². The molecule has 2 aliphatic rings. The lowest BCUT2D eigenvalue weighted by atomic mass is 9.70. The van der Waals surface area contributed by atoms with Gasteiger partial charge in [0.05, 0.1) is 17.9 Å². The number of hydrogen-bond acceptors (Lipinski definition) is 7. The summed E-state index contributed by atoms with van der Waals surface area (Å²) in [5.74, 6) is -2.15. The molecule has 0 bridgehead atoms. The number of rotatable bonds is 8. The normalized spacial score (nSPS) is 27.9. The van der Waals surface area contributed by atoms with Gasteiger partial charge in [0.25, 0.3) is 0 Å². The lowest BCUT2D eigenvalue weighted by Crippen LogP contribution is -2.43. The Bertz CT molecular complexity index is 535. The van der Waals surface area contributed by atoms with E-state index >= 15 is 0 Å². The highest BCUT2D eigenvalue weighted by atomic mass is 16.6. The number of allylic oxidation sites excluding steroid dienone is 2. The summed E-state index contributed by atoms with van der Waals surface area (Å²) < 4.78 is 20.2. The highest BCUT2D eigenvalue weighted by Crippen LogP contribution is 2.40. The van der Waals surface area contributed by atoms with Gasteiger partial charge in [0.15, 0.2) is 0 Å². The first-order valence-corrected chi connectivity index (χ1v) is 7.87. The Balaban J connectivity index is 1.88. The Kier molecular flexibility index (Phi) is 6.14. The molecule has 0 radical (unpaired) electrons. The summed E-state index contributed by atoms with van der Waals surface area (Å²) >= 11 is 0. The molecule has 132 valence electrons. The molecule has 0 spiro atoms. The molecule has 1 heterocycles. The Labute approximate surface area is 140 Å². The van der Waals surface area contributed by atoms with Crippen molar-refractivity contribution in [2.75, 3.05) is 26.4 Å². The Morgan fingerprint density at radius 2 is 1.96 bits per heavy atom. The molecule has 3 unspecified atom stereocenters. The number of esters is 3. The second-order valence-electron chi connectivity index (χ2n) is 5.97. The summed E-state index contributed by atoms with van der Waals surface area (Å²) in [4.78, 5) is 35.7. The predicted molar refractivity (Wildman–Crippen MR) is 82.8 cm³/mol. The molecule has 3 atom stereocenters. The van der Waals surface area contributed by atoms with Gasteiger partial charge in [0, 0.05) is 6.08 Å². The molecular formula is C17H22O7. The summed E-state index contributed by atoms with van der Waals surface area (Å²) in [6.07, 6.45) is 5.53. The first-order valence-electron chi connectivity index (χ1n) is 7.87. The smallest absolute Gasteiger partial charge is 0.330 e. The van der Waals surface area contributed by atoms with Gasteiger partial charge in [-0.05, 0) is 19.8 Å². The predicted octanol–water partition coefficient (Wildman–Crippen LogP) is 1.17. The quantitative estimate of drug-likeness (QED) is 0.164. The largest absolute Gasteiger partial charge is 0.462 e. The number of carbonyl (C=O) groups excluding carboxylic acids is 3. The van der Waals surface area contributed by atoms with Crippen molar-refractivity contribution in [2.24, 2.45) is 11.3 Å². The van der Waals surface area contributed by atoms with Crippen molar-refractivity contribution in [1.29, 1.82) is 0 Å². The molecule has 2 rings (SSSR count). The third kappa shape index (κ3) is 4.67. The summed E-state index contributed by atoms with van der Waals surface area (Å²) in [6.45, 7) is 5.65. The average molecular weight is 338 g/mol. The maximum absolute atomic E-state index is 12.4. The minimum absolute atomic E-state index is 0.0263. The number of hydrogen-bond donors (Lipinski definition) is 0. The van der Waals surface area contributed by atoms with Crippen LogP contribution in [-0.4, -0.2) is 50.4 Å². The van der Waals surface area contributed by atoms with Crippen molar-refractivity contribution in [3.05, 3.63) is 24.8 Å². The molecule has 24 heavy (non-hydrogen) atoms. The molecule has 1 fully saturated rings. The second-order valence-corrected chi connectivity index (χ2v) is 5.97. The van der Waals surface area contributed by atoms with E-state index in [1.165, 1.54) is 0 Å². The van der Waals surface area contributed by atoms with Gasteiger partial charge in [0.2, 0.25) is 0 Å². The standard InChI is InChI=1S/C17H22O7/c1-3-14(18)21-8-9-22-15(19)13-6-4-5-7-17(13,2)16(20)24-11-12-10-23-12/h3-5,12-13H,1,6-11H2,2H3. The maximum atomic E-state index is 12.4. The Morgan fingerprint density at radius 1 is 1.25 bits per heavy atom. The fourth-order valence-corrected chi connectivity index (χ4v) is 2.49. The van der Waals surface area contributed by atoms with Crippen LogP contribution >= 0.6 is 0 Å². The molecular weight excluding hydrogens is 316 g/mol. The van der Waals surface area contributed by atoms with Gasteiger partial charge in [0.1, 0.15) is 25.9 Å². The van der Waals surface area contributed by atoms with E-state index in [1.54, 1.807) is 6.92 Å². The van der Waals surface area contributed by atoms with E-state index in [-0.39, 0.29) is 25.9 Å². The van der Waals surface area contributed by atoms with Crippen molar-refractivity contribution in [1.82, 2.24) is 0 Å². The lowest BCUT2D eigenvalue weighted by Gasteiger charge is -2.35. The van der Waals surface area contributed by atoms with Crippen molar-refractivity contribution >= 4 is 17.9 Å². The van der Waals surface area contributed by atoms with Gasteiger partial charge in [-0.3, -0.25) is 9.59 Å². The van der Waals surface area contributed by atoms with E-state index in [0.29, 0.717) is 19.4 Å². The fourth-order valence-electron chi connectivity index (χ4n) is 2.49. The highest BCUT2D eigenvalue weighted by Gasteiger charge is 2.47. The van der Waals surface area contributed by atoms with E-state index in [4.69, 9.17) is 18.9 Å². The molecule has 0 aromatic heterocycles. The van der Waals surface area contributed by atoms with Crippen molar-refractivity contribution in [2.45, 2.75) is 25.9 Å². The zero-order valence-corrected chi connectivity index (χ0v) is 13.7. The molecule has 0 N–H and O–H groups in total. The summed E-state index contributed by atoms with van der Waals surface area (Å²) in [5.41, 5.74) is -0.974. The van der Waals surface area contributed by atoms with Crippen molar-refractivity contribution in [3.8, 4) is 0 Å². The first kappa shape index (κ1) is 18.2. The highest BCUT2D eigenvalue weighted by molar-refractivity contribution is 5.86. The third-order valence-electron chi connectivity index (χ3n) is 4.14. The van der Waals surface area contributed by atoms with Gasteiger partial charge in [-0.2, -0.15) is 0 Å². The van der Waals surface area contributed by atoms with Gasteiger partial charge in [-0.15, -0.1) is 0 Å². The molecule has 0 amide bonds. The second kappa shape index (κ2) is 8.10. The van der Waals surface area contributed by atoms with Gasteiger partial charge in [-0.25, -0.2) is 4.79 Å². The van der Waals surface area contributed by atoms with Crippen LogP contribution in [0.25, 0.3) is 0 Å². The number of carbonyl (C=O) groups is 3. The van der Waals surface area contributed by atoms with E-state index in [0.717, 1.165) is 6.08 Å². The number of epoxide rings is 1. The van der Waals surface area contributed by atoms with Crippen LogP contribution in [0, 0.1) is 11.3 Å². The molecule has 0 aromatic rings. The van der Waals surface area contributed by atoms with Crippen LogP contribution in [0.1, 0.15) is 19.8 Å². The van der Waals surface area contributed by atoms with Crippen molar-refractivity contribution < 1.29 is 33.3 Å². The first-order chi connectivity index (χ1) is 11.5. The fraction of sp³-hybridized carbons (Fsp3) is 0.588. The molecule has 1 saturated heterocycles.